The summed E-state index contributed by atoms with van der Waals surface area (Å²) in [6, 6.07) is 3.56. The number of nitrogen functional groups attached to an aromatic ring is 1. The first-order chi connectivity index (χ1) is 7.63. The maximum Gasteiger partial charge on any atom is 0.317 e. The lowest BCUT2D eigenvalue weighted by atomic mass is 10.2. The van der Waals surface area contributed by atoms with Crippen molar-refractivity contribution in [1.29, 1.82) is 0 Å². The van der Waals surface area contributed by atoms with Gasteiger partial charge in [0.1, 0.15) is 17.9 Å². The van der Waals surface area contributed by atoms with Crippen LogP contribution in [-0.4, -0.2) is 17.6 Å². The number of aryl methyl sites for hydroxylation is 1. The van der Waals surface area contributed by atoms with Crippen molar-refractivity contribution in [2.24, 2.45) is 0 Å². The number of anilines is 1. The summed E-state index contributed by atoms with van der Waals surface area (Å²) in [7, 11) is 0. The highest BCUT2D eigenvalue weighted by Gasteiger charge is 1.98. The molecule has 1 aromatic rings. The molecule has 0 aromatic carbocycles. The van der Waals surface area contributed by atoms with Crippen LogP contribution in [0.5, 0.6) is 0 Å². The number of esters is 1. The summed E-state index contributed by atoms with van der Waals surface area (Å²) < 4.78 is 4.75. The molecule has 0 bridgehead atoms. The van der Waals surface area contributed by atoms with E-state index in [0.29, 0.717) is 18.1 Å². The first kappa shape index (κ1) is 12.1. The Hall–Kier alpha value is -2.02. The Morgan fingerprint density at radius 3 is 3.00 bits per heavy atom. The van der Waals surface area contributed by atoms with Crippen LogP contribution >= 0.6 is 0 Å². The minimum absolute atomic E-state index is 0.0732. The van der Waals surface area contributed by atoms with Crippen LogP contribution in [0, 0.1) is 18.8 Å². The van der Waals surface area contributed by atoms with Crippen molar-refractivity contribution >= 4 is 11.8 Å². The van der Waals surface area contributed by atoms with Gasteiger partial charge in [0.05, 0.1) is 6.61 Å². The molecule has 0 amide bonds. The summed E-state index contributed by atoms with van der Waals surface area (Å²) in [5.41, 5.74) is 7.07. The molecule has 4 heteroatoms. The molecular weight excluding hydrogens is 204 g/mol. The Morgan fingerprint density at radius 2 is 2.31 bits per heavy atom. The van der Waals surface area contributed by atoms with E-state index in [4.69, 9.17) is 10.5 Å². The maximum absolute atomic E-state index is 11.0. The lowest BCUT2D eigenvalue weighted by Gasteiger charge is -1.98. The van der Waals surface area contributed by atoms with Crippen molar-refractivity contribution in [3.8, 4) is 11.8 Å². The topological polar surface area (TPSA) is 65.2 Å². The van der Waals surface area contributed by atoms with Gasteiger partial charge in [0, 0.05) is 0 Å². The van der Waals surface area contributed by atoms with Gasteiger partial charge in [-0.3, -0.25) is 4.79 Å². The first-order valence-corrected chi connectivity index (χ1v) is 5.01. The highest BCUT2D eigenvalue weighted by Crippen LogP contribution is 2.05. The maximum atomic E-state index is 11.0. The lowest BCUT2D eigenvalue weighted by Crippen LogP contribution is -2.02. The standard InChI is InChI=1S/C12H14N2O2/c1-3-16-12(15)6-4-5-10-9(2)7-8-11(13)14-10/h7-8H,3,6H2,1-2H3,(H2,13,14). The second-order valence-corrected chi connectivity index (χ2v) is 3.19. The second-order valence-electron chi connectivity index (χ2n) is 3.19. The number of hydrogen-bond acceptors (Lipinski definition) is 4. The minimum Gasteiger partial charge on any atom is -0.465 e. The molecule has 0 aliphatic carbocycles. The number of pyridine rings is 1. The molecule has 0 saturated heterocycles. The van der Waals surface area contributed by atoms with E-state index in [1.54, 1.807) is 13.0 Å². The van der Waals surface area contributed by atoms with Crippen LogP contribution in [0.4, 0.5) is 5.82 Å². The van der Waals surface area contributed by atoms with Gasteiger partial charge in [-0.1, -0.05) is 12.0 Å². The molecule has 84 valence electrons. The fourth-order valence-corrected chi connectivity index (χ4v) is 1.08. The molecule has 0 spiro atoms. The summed E-state index contributed by atoms with van der Waals surface area (Å²) in [5.74, 6) is 5.61. The fourth-order valence-electron chi connectivity index (χ4n) is 1.08. The molecule has 4 nitrogen and oxygen atoms in total. The average Bonchev–Trinajstić information content (AvgIpc) is 2.23. The quantitative estimate of drug-likeness (QED) is 0.599. The third kappa shape index (κ3) is 3.62. The van der Waals surface area contributed by atoms with Gasteiger partial charge in [-0.05, 0) is 31.4 Å². The molecular formula is C12H14N2O2. The molecule has 0 unspecified atom stereocenters. The van der Waals surface area contributed by atoms with Gasteiger partial charge in [0.15, 0.2) is 0 Å². The highest BCUT2D eigenvalue weighted by molar-refractivity contribution is 5.72. The Bertz CT molecular complexity index is 444. The Kier molecular flexibility index (Phi) is 4.34. The van der Waals surface area contributed by atoms with Crippen molar-refractivity contribution in [3.05, 3.63) is 23.4 Å². The Morgan fingerprint density at radius 1 is 1.56 bits per heavy atom. The summed E-state index contributed by atoms with van der Waals surface area (Å²) in [6.45, 7) is 4.02. The molecule has 0 atom stereocenters. The van der Waals surface area contributed by atoms with Crippen LogP contribution in [0.2, 0.25) is 0 Å². The zero-order valence-corrected chi connectivity index (χ0v) is 9.41. The number of rotatable bonds is 2. The number of nitrogens with two attached hydrogens (primary N) is 1. The van der Waals surface area contributed by atoms with Crippen molar-refractivity contribution in [2.75, 3.05) is 12.3 Å². The number of carbonyl (C=O) groups is 1. The zero-order valence-electron chi connectivity index (χ0n) is 9.41. The molecule has 1 rings (SSSR count). The van der Waals surface area contributed by atoms with E-state index in [0.717, 1.165) is 5.56 Å². The van der Waals surface area contributed by atoms with Gasteiger partial charge in [-0.15, -0.1) is 0 Å². The summed E-state index contributed by atoms with van der Waals surface area (Å²) in [4.78, 5) is 15.1. The fraction of sp³-hybridized carbons (Fsp3) is 0.333. The Balaban J connectivity index is 2.69. The van der Waals surface area contributed by atoms with E-state index in [-0.39, 0.29) is 12.4 Å². The number of nitrogens with zero attached hydrogens (tertiary/aromatic N) is 1. The monoisotopic (exact) mass is 218 g/mol. The normalized spacial score (nSPS) is 9.12. The molecule has 1 aromatic heterocycles. The third-order valence-electron chi connectivity index (χ3n) is 1.86. The van der Waals surface area contributed by atoms with Crippen LogP contribution in [-0.2, 0) is 9.53 Å². The van der Waals surface area contributed by atoms with Crippen molar-refractivity contribution in [1.82, 2.24) is 4.98 Å². The van der Waals surface area contributed by atoms with Gasteiger partial charge < -0.3 is 10.5 Å². The molecule has 0 saturated carbocycles. The van der Waals surface area contributed by atoms with Gasteiger partial charge in [0.25, 0.3) is 0 Å². The van der Waals surface area contributed by atoms with Crippen molar-refractivity contribution < 1.29 is 9.53 Å². The molecule has 2 N–H and O–H groups in total. The summed E-state index contributed by atoms with van der Waals surface area (Å²) >= 11 is 0. The predicted molar refractivity (Wildman–Crippen MR) is 61.5 cm³/mol. The second kappa shape index (κ2) is 5.76. The van der Waals surface area contributed by atoms with Crippen LogP contribution in [0.3, 0.4) is 0 Å². The van der Waals surface area contributed by atoms with Gasteiger partial charge in [-0.2, -0.15) is 0 Å². The van der Waals surface area contributed by atoms with Crippen LogP contribution in [0.15, 0.2) is 12.1 Å². The van der Waals surface area contributed by atoms with E-state index in [1.165, 1.54) is 0 Å². The van der Waals surface area contributed by atoms with E-state index in [1.807, 2.05) is 13.0 Å². The van der Waals surface area contributed by atoms with Crippen molar-refractivity contribution in [3.63, 3.8) is 0 Å². The third-order valence-corrected chi connectivity index (χ3v) is 1.86. The van der Waals surface area contributed by atoms with E-state index in [9.17, 15) is 4.79 Å². The lowest BCUT2D eigenvalue weighted by molar-refractivity contribution is -0.141. The van der Waals surface area contributed by atoms with Crippen LogP contribution in [0.25, 0.3) is 0 Å². The Labute approximate surface area is 94.8 Å². The van der Waals surface area contributed by atoms with Gasteiger partial charge in [0.2, 0.25) is 0 Å². The molecule has 0 aliphatic rings. The molecule has 1 heterocycles. The van der Waals surface area contributed by atoms with Gasteiger partial charge in [-0.25, -0.2) is 4.98 Å². The molecule has 0 aliphatic heterocycles. The van der Waals surface area contributed by atoms with E-state index in [2.05, 4.69) is 16.8 Å². The first-order valence-electron chi connectivity index (χ1n) is 5.01. The van der Waals surface area contributed by atoms with Gasteiger partial charge >= 0.3 is 5.97 Å². The van der Waals surface area contributed by atoms with Crippen LogP contribution < -0.4 is 5.73 Å². The highest BCUT2D eigenvalue weighted by atomic mass is 16.5. The van der Waals surface area contributed by atoms with Crippen molar-refractivity contribution in [2.45, 2.75) is 20.3 Å². The number of ether oxygens (including phenoxy) is 1. The number of aromatic nitrogens is 1. The van der Waals surface area contributed by atoms with Crippen LogP contribution in [0.1, 0.15) is 24.6 Å². The van der Waals surface area contributed by atoms with E-state index < -0.39 is 0 Å². The number of hydrogen-bond donors (Lipinski definition) is 1. The average molecular weight is 218 g/mol. The summed E-state index contributed by atoms with van der Waals surface area (Å²) in [5, 5.41) is 0. The molecule has 0 radical (unpaired) electrons. The predicted octanol–water partition coefficient (Wildman–Crippen LogP) is 1.28. The largest absolute Gasteiger partial charge is 0.465 e. The number of carbonyl (C=O) groups excluding carboxylic acids is 1. The van der Waals surface area contributed by atoms with E-state index >= 15 is 0 Å². The molecule has 16 heavy (non-hydrogen) atoms. The SMILES string of the molecule is CCOC(=O)CC#Cc1nc(N)ccc1C. The summed E-state index contributed by atoms with van der Waals surface area (Å²) in [6.07, 6.45) is 0.0732. The zero-order chi connectivity index (χ0) is 12.0. The minimum atomic E-state index is -0.323. The smallest absolute Gasteiger partial charge is 0.317 e. The molecule has 0 fully saturated rings.